The summed E-state index contributed by atoms with van der Waals surface area (Å²) in [5.41, 5.74) is 1.29. The van der Waals surface area contributed by atoms with E-state index < -0.39 is 0 Å². The predicted octanol–water partition coefficient (Wildman–Crippen LogP) is 3.56. The van der Waals surface area contributed by atoms with E-state index in [2.05, 4.69) is 41.1 Å². The van der Waals surface area contributed by atoms with Crippen molar-refractivity contribution in [2.75, 3.05) is 6.54 Å². The summed E-state index contributed by atoms with van der Waals surface area (Å²) in [7, 11) is 0. The second kappa shape index (κ2) is 7.77. The minimum Gasteiger partial charge on any atom is -0.308 e. The lowest BCUT2D eigenvalue weighted by molar-refractivity contribution is 0.333. The van der Waals surface area contributed by atoms with E-state index in [9.17, 15) is 0 Å². The number of rotatable bonds is 8. The first-order valence-corrected chi connectivity index (χ1v) is 8.41. The molecule has 3 unspecified atom stereocenters. The smallest absolute Gasteiger partial charge is 0.0759 e. The number of hydrogen-bond acceptors (Lipinski definition) is 3. The summed E-state index contributed by atoms with van der Waals surface area (Å²) in [6, 6.07) is 0.438. The van der Waals surface area contributed by atoms with Gasteiger partial charge in [0.1, 0.15) is 0 Å². The molecule has 4 nitrogen and oxygen atoms in total. The Bertz CT molecular complexity index is 388. The Morgan fingerprint density at radius 3 is 2.80 bits per heavy atom. The largest absolute Gasteiger partial charge is 0.308 e. The molecule has 0 aliphatic heterocycles. The third-order valence-corrected chi connectivity index (χ3v) is 4.65. The van der Waals surface area contributed by atoms with Crippen LogP contribution < -0.4 is 5.32 Å². The van der Waals surface area contributed by atoms with Crippen molar-refractivity contribution in [3.05, 3.63) is 11.9 Å². The molecule has 0 bridgehead atoms. The summed E-state index contributed by atoms with van der Waals surface area (Å²) in [6.07, 6.45) is 9.67. The van der Waals surface area contributed by atoms with E-state index in [-0.39, 0.29) is 0 Å². The van der Waals surface area contributed by atoms with E-state index in [1.54, 1.807) is 0 Å². The zero-order chi connectivity index (χ0) is 14.4. The summed E-state index contributed by atoms with van der Waals surface area (Å²) in [5, 5.41) is 12.2. The molecule has 20 heavy (non-hydrogen) atoms. The summed E-state index contributed by atoms with van der Waals surface area (Å²) in [6.45, 7) is 8.81. The fourth-order valence-corrected chi connectivity index (χ4v) is 3.49. The van der Waals surface area contributed by atoms with E-state index in [0.29, 0.717) is 6.04 Å². The Labute approximate surface area is 123 Å². The van der Waals surface area contributed by atoms with Gasteiger partial charge in [0.15, 0.2) is 0 Å². The van der Waals surface area contributed by atoms with Crippen LogP contribution in [0.25, 0.3) is 0 Å². The molecule has 0 spiro atoms. The number of nitrogens with one attached hydrogen (secondary N) is 1. The zero-order valence-electron chi connectivity index (χ0n) is 13.3. The van der Waals surface area contributed by atoms with Gasteiger partial charge in [0.25, 0.3) is 0 Å². The topological polar surface area (TPSA) is 42.7 Å². The molecule has 1 aromatic rings. The summed E-state index contributed by atoms with van der Waals surface area (Å²) < 4.78 is 2.10. The highest BCUT2D eigenvalue weighted by Gasteiger charge is 2.32. The van der Waals surface area contributed by atoms with Crippen LogP contribution in [0, 0.1) is 11.8 Å². The molecule has 3 atom stereocenters. The van der Waals surface area contributed by atoms with Gasteiger partial charge in [0.2, 0.25) is 0 Å². The molecule has 0 radical (unpaired) electrons. The number of hydrogen-bond donors (Lipinski definition) is 1. The Hall–Kier alpha value is -0.900. The SMILES string of the molecule is CCCNC(c1cnnn1CCC)C1CCC(CC)C1. The van der Waals surface area contributed by atoms with Crippen LogP contribution in [0.1, 0.15) is 71.0 Å². The Kier molecular flexibility index (Phi) is 6.02. The molecule has 1 N–H and O–H groups in total. The molecular weight excluding hydrogens is 248 g/mol. The van der Waals surface area contributed by atoms with Gasteiger partial charge in [-0.2, -0.15) is 0 Å². The minimum atomic E-state index is 0.438. The molecule has 1 aliphatic rings. The van der Waals surface area contributed by atoms with Gasteiger partial charge in [0, 0.05) is 6.54 Å². The van der Waals surface area contributed by atoms with Crippen LogP contribution >= 0.6 is 0 Å². The molecule has 0 aromatic carbocycles. The summed E-state index contributed by atoms with van der Waals surface area (Å²) >= 11 is 0. The number of nitrogens with zero attached hydrogens (tertiary/aromatic N) is 3. The van der Waals surface area contributed by atoms with Gasteiger partial charge in [-0.3, -0.25) is 0 Å². The van der Waals surface area contributed by atoms with Crippen molar-refractivity contribution in [2.24, 2.45) is 11.8 Å². The maximum Gasteiger partial charge on any atom is 0.0759 e. The molecule has 1 saturated carbocycles. The quantitative estimate of drug-likeness (QED) is 0.790. The van der Waals surface area contributed by atoms with E-state index in [1.807, 2.05) is 6.20 Å². The van der Waals surface area contributed by atoms with Crippen LogP contribution in [-0.2, 0) is 6.54 Å². The van der Waals surface area contributed by atoms with Crippen LogP contribution in [0.2, 0.25) is 0 Å². The van der Waals surface area contributed by atoms with Crippen molar-refractivity contribution in [1.29, 1.82) is 0 Å². The molecule has 4 heteroatoms. The molecule has 1 aliphatic carbocycles. The fourth-order valence-electron chi connectivity index (χ4n) is 3.49. The van der Waals surface area contributed by atoms with Crippen LogP contribution in [0.3, 0.4) is 0 Å². The summed E-state index contributed by atoms with van der Waals surface area (Å²) in [4.78, 5) is 0. The molecular formula is C16H30N4. The van der Waals surface area contributed by atoms with Gasteiger partial charge in [-0.15, -0.1) is 5.10 Å². The maximum absolute atomic E-state index is 4.27. The third-order valence-electron chi connectivity index (χ3n) is 4.65. The monoisotopic (exact) mass is 278 g/mol. The minimum absolute atomic E-state index is 0.438. The average molecular weight is 278 g/mol. The molecule has 1 heterocycles. The average Bonchev–Trinajstić information content (AvgIpc) is 3.10. The van der Waals surface area contributed by atoms with Gasteiger partial charge in [-0.1, -0.05) is 38.8 Å². The van der Waals surface area contributed by atoms with Crippen molar-refractivity contribution >= 4 is 0 Å². The third kappa shape index (κ3) is 3.60. The lowest BCUT2D eigenvalue weighted by Crippen LogP contribution is -2.30. The van der Waals surface area contributed by atoms with Crippen molar-refractivity contribution in [2.45, 2.75) is 71.9 Å². The highest BCUT2D eigenvalue weighted by atomic mass is 15.4. The fraction of sp³-hybridized carbons (Fsp3) is 0.875. The maximum atomic E-state index is 4.27. The van der Waals surface area contributed by atoms with Crippen LogP contribution in [-0.4, -0.2) is 21.5 Å². The second-order valence-corrected chi connectivity index (χ2v) is 6.16. The van der Waals surface area contributed by atoms with Gasteiger partial charge >= 0.3 is 0 Å². The van der Waals surface area contributed by atoms with Crippen LogP contribution in [0.4, 0.5) is 0 Å². The standard InChI is InChI=1S/C16H30N4/c1-4-9-17-16(14-8-7-13(6-3)11-14)15-12-18-19-20(15)10-5-2/h12-14,16-17H,4-11H2,1-3H3. The summed E-state index contributed by atoms with van der Waals surface area (Å²) in [5.74, 6) is 1.67. The molecule has 1 aromatic heterocycles. The Morgan fingerprint density at radius 1 is 1.30 bits per heavy atom. The van der Waals surface area contributed by atoms with E-state index in [0.717, 1.165) is 31.3 Å². The lowest BCUT2D eigenvalue weighted by atomic mass is 9.93. The zero-order valence-corrected chi connectivity index (χ0v) is 13.3. The molecule has 114 valence electrons. The van der Waals surface area contributed by atoms with E-state index in [4.69, 9.17) is 0 Å². The molecule has 0 saturated heterocycles. The highest BCUT2D eigenvalue weighted by Crippen LogP contribution is 2.40. The van der Waals surface area contributed by atoms with Gasteiger partial charge in [-0.25, -0.2) is 4.68 Å². The van der Waals surface area contributed by atoms with Crippen LogP contribution in [0.15, 0.2) is 6.20 Å². The van der Waals surface area contributed by atoms with Gasteiger partial charge in [-0.05, 0) is 44.1 Å². The number of aromatic nitrogens is 3. The number of aryl methyl sites for hydroxylation is 1. The lowest BCUT2D eigenvalue weighted by Gasteiger charge is -2.25. The van der Waals surface area contributed by atoms with Gasteiger partial charge in [0.05, 0.1) is 17.9 Å². The van der Waals surface area contributed by atoms with Crippen LogP contribution in [0.5, 0.6) is 0 Å². The molecule has 1 fully saturated rings. The molecule has 2 rings (SSSR count). The van der Waals surface area contributed by atoms with Crippen molar-refractivity contribution < 1.29 is 0 Å². The Morgan fingerprint density at radius 2 is 2.15 bits per heavy atom. The van der Waals surface area contributed by atoms with Gasteiger partial charge < -0.3 is 5.32 Å². The van der Waals surface area contributed by atoms with E-state index in [1.165, 1.54) is 37.8 Å². The highest BCUT2D eigenvalue weighted by molar-refractivity contribution is 5.06. The normalized spacial score (nSPS) is 24.1. The Balaban J connectivity index is 2.12. The first-order chi connectivity index (χ1) is 9.80. The van der Waals surface area contributed by atoms with Crippen molar-refractivity contribution in [3.8, 4) is 0 Å². The predicted molar refractivity (Wildman–Crippen MR) is 82.5 cm³/mol. The van der Waals surface area contributed by atoms with E-state index >= 15 is 0 Å². The van der Waals surface area contributed by atoms with Crippen molar-refractivity contribution in [3.63, 3.8) is 0 Å². The van der Waals surface area contributed by atoms with Crippen molar-refractivity contribution in [1.82, 2.24) is 20.3 Å². The molecule has 0 amide bonds. The first kappa shape index (κ1) is 15.5. The second-order valence-electron chi connectivity index (χ2n) is 6.16. The first-order valence-electron chi connectivity index (χ1n) is 8.41.